The van der Waals surface area contributed by atoms with Crippen molar-refractivity contribution in [2.75, 3.05) is 26.2 Å². The third kappa shape index (κ3) is 5.59. The van der Waals surface area contributed by atoms with E-state index >= 15 is 0 Å². The zero-order valence-electron chi connectivity index (χ0n) is 16.4. The minimum atomic E-state index is 0.0916. The van der Waals surface area contributed by atoms with E-state index in [4.69, 9.17) is 16.3 Å². The van der Waals surface area contributed by atoms with Gasteiger partial charge in [0.05, 0.1) is 0 Å². The lowest BCUT2D eigenvalue weighted by molar-refractivity contribution is -0.127. The van der Waals surface area contributed by atoms with Crippen molar-refractivity contribution in [3.8, 4) is 5.19 Å². The van der Waals surface area contributed by atoms with Gasteiger partial charge in [0.15, 0.2) is 0 Å². The lowest BCUT2D eigenvalue weighted by Crippen LogP contribution is -2.49. The van der Waals surface area contributed by atoms with Gasteiger partial charge in [0.25, 0.3) is 5.19 Å². The summed E-state index contributed by atoms with van der Waals surface area (Å²) >= 11 is 7.46. The number of hydrogen-bond acceptors (Lipinski definition) is 5. The molecular formula is C22H26ClN3O2S. The highest BCUT2D eigenvalue weighted by Gasteiger charge is 2.29. The molecule has 0 radical (unpaired) electrons. The molecule has 2 aliphatic rings. The number of carbonyl (C=O) groups is 1. The topological polar surface area (TPSA) is 45.7 Å². The van der Waals surface area contributed by atoms with Crippen LogP contribution in [-0.4, -0.2) is 59.0 Å². The summed E-state index contributed by atoms with van der Waals surface area (Å²) in [4.78, 5) is 21.2. The van der Waals surface area contributed by atoms with E-state index in [-0.39, 0.29) is 12.0 Å². The highest BCUT2D eigenvalue weighted by atomic mass is 35.5. The molecule has 0 atom stereocenters. The summed E-state index contributed by atoms with van der Waals surface area (Å²) in [5.41, 5.74) is 0.987. The molecule has 0 saturated carbocycles. The Bertz CT molecular complexity index is 809. The molecule has 0 unspecified atom stereocenters. The quantitative estimate of drug-likeness (QED) is 0.660. The number of amides is 1. The van der Waals surface area contributed by atoms with Crippen LogP contribution in [0.2, 0.25) is 5.02 Å². The number of rotatable bonds is 5. The van der Waals surface area contributed by atoms with Crippen molar-refractivity contribution in [2.24, 2.45) is 0 Å². The summed E-state index contributed by atoms with van der Waals surface area (Å²) in [7, 11) is 0. The van der Waals surface area contributed by atoms with Crippen molar-refractivity contribution in [1.29, 1.82) is 0 Å². The maximum Gasteiger partial charge on any atom is 0.273 e. The Morgan fingerprint density at radius 3 is 2.48 bits per heavy atom. The summed E-state index contributed by atoms with van der Waals surface area (Å²) in [6, 6.07) is 8.07. The Balaban J connectivity index is 1.20. The number of likely N-dealkylation sites (tertiary alicyclic amines) is 2. The van der Waals surface area contributed by atoms with Crippen molar-refractivity contribution < 1.29 is 9.53 Å². The van der Waals surface area contributed by atoms with Crippen molar-refractivity contribution in [3.63, 3.8) is 0 Å². The normalized spacial score (nSPS) is 19.7. The lowest BCUT2D eigenvalue weighted by Gasteiger charge is -2.41. The summed E-state index contributed by atoms with van der Waals surface area (Å²) < 4.78 is 5.96. The molecule has 1 aromatic heterocycles. The second kappa shape index (κ2) is 9.74. The largest absolute Gasteiger partial charge is 0.467 e. The van der Waals surface area contributed by atoms with E-state index < -0.39 is 0 Å². The van der Waals surface area contributed by atoms with E-state index in [1.54, 1.807) is 23.6 Å². The number of halogens is 1. The van der Waals surface area contributed by atoms with Gasteiger partial charge < -0.3 is 9.64 Å². The van der Waals surface area contributed by atoms with Gasteiger partial charge in [-0.3, -0.25) is 9.69 Å². The lowest BCUT2D eigenvalue weighted by atomic mass is 9.99. The smallest absolute Gasteiger partial charge is 0.273 e. The SMILES string of the molecule is O=C(C=Cc1ccc(Cl)cc1)N1CCC(N2CCC(Oc3nccs3)CC2)CC1. The Hall–Kier alpha value is -1.89. The van der Waals surface area contributed by atoms with E-state index in [0.29, 0.717) is 11.1 Å². The third-order valence-corrected chi connectivity index (χ3v) is 6.65. The van der Waals surface area contributed by atoms with Crippen LogP contribution in [-0.2, 0) is 4.79 Å². The number of benzene rings is 1. The van der Waals surface area contributed by atoms with Gasteiger partial charge in [0.1, 0.15) is 6.10 Å². The first-order valence-electron chi connectivity index (χ1n) is 10.2. The van der Waals surface area contributed by atoms with Gasteiger partial charge in [0, 0.05) is 54.9 Å². The van der Waals surface area contributed by atoms with E-state index in [2.05, 4.69) is 9.88 Å². The Morgan fingerprint density at radius 1 is 1.10 bits per heavy atom. The predicted octanol–water partition coefficient (Wildman–Crippen LogP) is 4.34. The van der Waals surface area contributed by atoms with Crippen LogP contribution in [0.15, 0.2) is 41.9 Å². The standard InChI is InChI=1S/C22H26ClN3O2S/c23-18-4-1-17(2-5-18)3-6-21(27)26-12-7-19(8-13-26)25-14-9-20(10-15-25)28-22-24-11-16-29-22/h1-6,11,16,19-20H,7-10,12-15H2. The molecule has 2 saturated heterocycles. The molecule has 154 valence electrons. The number of carbonyl (C=O) groups excluding carboxylic acids is 1. The first kappa shape index (κ1) is 20.4. The monoisotopic (exact) mass is 431 g/mol. The molecule has 5 nitrogen and oxygen atoms in total. The van der Waals surface area contributed by atoms with Crippen molar-refractivity contribution in [2.45, 2.75) is 37.8 Å². The van der Waals surface area contributed by atoms with Gasteiger partial charge in [-0.05, 0) is 49.5 Å². The number of aromatic nitrogens is 1. The number of piperidine rings is 2. The van der Waals surface area contributed by atoms with Crippen molar-refractivity contribution >= 4 is 34.9 Å². The van der Waals surface area contributed by atoms with Crippen LogP contribution in [0.3, 0.4) is 0 Å². The average Bonchev–Trinajstić information content (AvgIpc) is 3.27. The molecule has 0 bridgehead atoms. The fourth-order valence-corrected chi connectivity index (χ4v) is 4.75. The van der Waals surface area contributed by atoms with Gasteiger partial charge in [-0.2, -0.15) is 0 Å². The number of hydrogen-bond donors (Lipinski definition) is 0. The third-order valence-electron chi connectivity index (χ3n) is 5.73. The zero-order chi connectivity index (χ0) is 20.1. The van der Waals surface area contributed by atoms with Gasteiger partial charge in [-0.25, -0.2) is 4.98 Å². The van der Waals surface area contributed by atoms with E-state index in [0.717, 1.165) is 62.6 Å². The highest BCUT2D eigenvalue weighted by molar-refractivity contribution is 7.11. The zero-order valence-corrected chi connectivity index (χ0v) is 17.9. The molecule has 1 aromatic carbocycles. The van der Waals surface area contributed by atoms with Crippen LogP contribution < -0.4 is 4.74 Å². The fraction of sp³-hybridized carbons (Fsp3) is 0.455. The number of nitrogens with zero attached hydrogens (tertiary/aromatic N) is 3. The molecule has 4 rings (SSSR count). The van der Waals surface area contributed by atoms with Crippen LogP contribution in [0.25, 0.3) is 6.08 Å². The van der Waals surface area contributed by atoms with Crippen LogP contribution in [0.4, 0.5) is 0 Å². The average molecular weight is 432 g/mol. The summed E-state index contributed by atoms with van der Waals surface area (Å²) in [5, 5.41) is 3.43. The minimum Gasteiger partial charge on any atom is -0.467 e. The molecule has 7 heteroatoms. The molecule has 29 heavy (non-hydrogen) atoms. The van der Waals surface area contributed by atoms with E-state index in [1.165, 1.54) is 0 Å². The number of ether oxygens (including phenoxy) is 1. The van der Waals surface area contributed by atoms with E-state index in [9.17, 15) is 4.79 Å². The molecular weight excluding hydrogens is 406 g/mol. The second-order valence-corrected chi connectivity index (χ2v) is 8.89. The molecule has 0 aliphatic carbocycles. The molecule has 2 fully saturated rings. The van der Waals surface area contributed by atoms with Crippen molar-refractivity contribution in [1.82, 2.24) is 14.8 Å². The van der Waals surface area contributed by atoms with Crippen LogP contribution in [0, 0.1) is 0 Å². The number of thiazole rings is 1. The van der Waals surface area contributed by atoms with Crippen LogP contribution in [0.1, 0.15) is 31.2 Å². The van der Waals surface area contributed by atoms with Gasteiger partial charge >= 0.3 is 0 Å². The van der Waals surface area contributed by atoms with E-state index in [1.807, 2.05) is 40.6 Å². The summed E-state index contributed by atoms with van der Waals surface area (Å²) in [5.74, 6) is 0.0916. The first-order chi connectivity index (χ1) is 14.2. The summed E-state index contributed by atoms with van der Waals surface area (Å²) in [6.07, 6.45) is 9.76. The summed E-state index contributed by atoms with van der Waals surface area (Å²) in [6.45, 7) is 3.77. The van der Waals surface area contributed by atoms with Crippen LogP contribution >= 0.6 is 22.9 Å². The van der Waals surface area contributed by atoms with Crippen molar-refractivity contribution in [3.05, 3.63) is 52.5 Å². The van der Waals surface area contributed by atoms with Gasteiger partial charge in [-0.15, -0.1) is 0 Å². The minimum absolute atomic E-state index is 0.0916. The van der Waals surface area contributed by atoms with Gasteiger partial charge in [0.2, 0.25) is 5.91 Å². The maximum absolute atomic E-state index is 12.5. The Kier molecular flexibility index (Phi) is 6.85. The fourth-order valence-electron chi connectivity index (χ4n) is 4.07. The molecule has 3 heterocycles. The van der Waals surface area contributed by atoms with Gasteiger partial charge in [-0.1, -0.05) is 35.1 Å². The molecule has 1 amide bonds. The maximum atomic E-state index is 12.5. The Morgan fingerprint density at radius 2 is 1.83 bits per heavy atom. The Labute approximate surface area is 180 Å². The second-order valence-electron chi connectivity index (χ2n) is 7.59. The highest BCUT2D eigenvalue weighted by Crippen LogP contribution is 2.25. The van der Waals surface area contributed by atoms with Crippen LogP contribution in [0.5, 0.6) is 5.19 Å². The molecule has 0 spiro atoms. The molecule has 2 aromatic rings. The molecule has 0 N–H and O–H groups in total. The first-order valence-corrected chi connectivity index (χ1v) is 11.5. The predicted molar refractivity (Wildman–Crippen MR) is 117 cm³/mol. The molecule has 2 aliphatic heterocycles.